The highest BCUT2D eigenvalue weighted by atomic mass is 16.3. The molecule has 3 heteroatoms. The van der Waals surface area contributed by atoms with Gasteiger partial charge in [0.1, 0.15) is 0 Å². The largest absolute Gasteiger partial charge is 0.395 e. The van der Waals surface area contributed by atoms with Gasteiger partial charge in [-0.3, -0.25) is 4.90 Å². The van der Waals surface area contributed by atoms with Gasteiger partial charge in [-0.2, -0.15) is 0 Å². The average molecular weight is 264 g/mol. The second-order valence-corrected chi connectivity index (χ2v) is 6.02. The lowest BCUT2D eigenvalue weighted by Crippen LogP contribution is -2.48. The third kappa shape index (κ3) is 3.03. The number of aromatic nitrogens is 1. The molecule has 0 radical (unpaired) electrons. The summed E-state index contributed by atoms with van der Waals surface area (Å²) in [6, 6.07) is 5.16. The van der Waals surface area contributed by atoms with Crippen molar-refractivity contribution in [1.82, 2.24) is 9.47 Å². The highest BCUT2D eigenvalue weighted by molar-refractivity contribution is 5.15. The molecule has 2 atom stereocenters. The molecule has 19 heavy (non-hydrogen) atoms. The standard InChI is InChI=1S/C16H28N2O/c1-4-5-7-15-14-8-6-9-17(14)10-11-18(15)16(12-19)13(2)3/h6,8-9,13,15-16,19H,4-5,7,10-12H2,1-3H3/t15-,16-/m1/s1. The van der Waals surface area contributed by atoms with Gasteiger partial charge in [0.2, 0.25) is 0 Å². The molecule has 3 nitrogen and oxygen atoms in total. The van der Waals surface area contributed by atoms with Gasteiger partial charge in [-0.15, -0.1) is 0 Å². The van der Waals surface area contributed by atoms with Crippen molar-refractivity contribution in [1.29, 1.82) is 0 Å². The van der Waals surface area contributed by atoms with E-state index < -0.39 is 0 Å². The summed E-state index contributed by atoms with van der Waals surface area (Å²) in [5, 5.41) is 9.74. The monoisotopic (exact) mass is 264 g/mol. The molecule has 0 spiro atoms. The first kappa shape index (κ1) is 14.6. The van der Waals surface area contributed by atoms with Crippen LogP contribution in [0.1, 0.15) is 51.8 Å². The quantitative estimate of drug-likeness (QED) is 0.855. The summed E-state index contributed by atoms with van der Waals surface area (Å²) in [6.45, 7) is 9.05. The van der Waals surface area contributed by atoms with Crippen LogP contribution in [0.5, 0.6) is 0 Å². The lowest BCUT2D eigenvalue weighted by Gasteiger charge is -2.43. The van der Waals surface area contributed by atoms with Crippen molar-refractivity contribution in [3.8, 4) is 0 Å². The van der Waals surface area contributed by atoms with Crippen molar-refractivity contribution >= 4 is 0 Å². The van der Waals surface area contributed by atoms with Gasteiger partial charge in [-0.1, -0.05) is 33.6 Å². The molecule has 1 N–H and O–H groups in total. The van der Waals surface area contributed by atoms with Gasteiger partial charge in [0.25, 0.3) is 0 Å². The van der Waals surface area contributed by atoms with E-state index in [-0.39, 0.29) is 12.6 Å². The number of fused-ring (bicyclic) bond motifs is 1. The average Bonchev–Trinajstić information content (AvgIpc) is 2.86. The Labute approximate surface area is 117 Å². The van der Waals surface area contributed by atoms with E-state index in [4.69, 9.17) is 0 Å². The Morgan fingerprint density at radius 3 is 2.79 bits per heavy atom. The van der Waals surface area contributed by atoms with Crippen LogP contribution in [0.3, 0.4) is 0 Å². The molecule has 0 amide bonds. The maximum atomic E-state index is 9.74. The molecule has 0 saturated heterocycles. The summed E-state index contributed by atoms with van der Waals surface area (Å²) < 4.78 is 2.38. The van der Waals surface area contributed by atoms with Crippen molar-refractivity contribution in [2.24, 2.45) is 5.92 Å². The van der Waals surface area contributed by atoms with Gasteiger partial charge in [0.15, 0.2) is 0 Å². The second-order valence-electron chi connectivity index (χ2n) is 6.02. The fraction of sp³-hybridized carbons (Fsp3) is 0.750. The highest BCUT2D eigenvalue weighted by Crippen LogP contribution is 2.33. The summed E-state index contributed by atoms with van der Waals surface area (Å²) in [5.41, 5.74) is 1.43. The topological polar surface area (TPSA) is 28.4 Å². The molecule has 1 aromatic rings. The van der Waals surface area contributed by atoms with Crippen molar-refractivity contribution in [2.45, 2.75) is 58.7 Å². The molecule has 2 heterocycles. The number of aliphatic hydroxyl groups is 1. The Bertz CT molecular complexity index is 386. The van der Waals surface area contributed by atoms with Crippen molar-refractivity contribution in [3.05, 3.63) is 24.0 Å². The third-order valence-electron chi connectivity index (χ3n) is 4.42. The van der Waals surface area contributed by atoms with E-state index in [1.807, 2.05) is 0 Å². The zero-order valence-electron chi connectivity index (χ0n) is 12.5. The van der Waals surface area contributed by atoms with E-state index in [9.17, 15) is 5.11 Å². The van der Waals surface area contributed by atoms with Crippen LogP contribution >= 0.6 is 0 Å². The number of hydrogen-bond acceptors (Lipinski definition) is 2. The summed E-state index contributed by atoms with van der Waals surface area (Å²) in [6.07, 6.45) is 5.87. The predicted octanol–water partition coefficient (Wildman–Crippen LogP) is 3.05. The van der Waals surface area contributed by atoms with E-state index in [2.05, 4.69) is 48.6 Å². The Balaban J connectivity index is 2.22. The van der Waals surface area contributed by atoms with E-state index in [0.717, 1.165) is 13.1 Å². The number of nitrogens with zero attached hydrogens (tertiary/aromatic N) is 2. The van der Waals surface area contributed by atoms with Crippen LogP contribution in [0.15, 0.2) is 18.3 Å². The summed E-state index contributed by atoms with van der Waals surface area (Å²) >= 11 is 0. The van der Waals surface area contributed by atoms with Gasteiger partial charge in [-0.25, -0.2) is 0 Å². The number of hydrogen-bond donors (Lipinski definition) is 1. The molecule has 0 saturated carbocycles. The van der Waals surface area contributed by atoms with E-state index in [1.54, 1.807) is 0 Å². The minimum Gasteiger partial charge on any atom is -0.395 e. The van der Waals surface area contributed by atoms with Crippen LogP contribution < -0.4 is 0 Å². The van der Waals surface area contributed by atoms with E-state index in [1.165, 1.54) is 25.0 Å². The van der Waals surface area contributed by atoms with Crippen LogP contribution in [0.4, 0.5) is 0 Å². The van der Waals surface area contributed by atoms with Crippen LogP contribution in [-0.4, -0.2) is 33.8 Å². The molecule has 108 valence electrons. The maximum Gasteiger partial charge on any atom is 0.0589 e. The normalized spacial score (nSPS) is 21.6. The molecule has 0 bridgehead atoms. The van der Waals surface area contributed by atoms with E-state index in [0.29, 0.717) is 12.0 Å². The molecule has 1 aliphatic rings. The van der Waals surface area contributed by atoms with Gasteiger partial charge in [0.05, 0.1) is 12.6 Å². The lowest BCUT2D eigenvalue weighted by atomic mass is 9.96. The smallest absolute Gasteiger partial charge is 0.0589 e. The molecule has 1 aliphatic heterocycles. The Hall–Kier alpha value is -0.800. The fourth-order valence-electron chi connectivity index (χ4n) is 3.29. The van der Waals surface area contributed by atoms with Gasteiger partial charge >= 0.3 is 0 Å². The molecule has 0 fully saturated rings. The first-order chi connectivity index (χ1) is 9.19. The summed E-state index contributed by atoms with van der Waals surface area (Å²) in [7, 11) is 0. The van der Waals surface area contributed by atoms with Crippen LogP contribution in [0, 0.1) is 5.92 Å². The van der Waals surface area contributed by atoms with E-state index >= 15 is 0 Å². The zero-order valence-corrected chi connectivity index (χ0v) is 12.5. The minimum atomic E-state index is 0.265. The molecule has 1 aromatic heterocycles. The Morgan fingerprint density at radius 2 is 2.16 bits per heavy atom. The SMILES string of the molecule is CCCC[C@@H]1c2cccn2CCN1[C@H](CO)C(C)C. The molecule has 0 aliphatic carbocycles. The van der Waals surface area contributed by atoms with Crippen LogP contribution in [0.25, 0.3) is 0 Å². The lowest BCUT2D eigenvalue weighted by molar-refractivity contribution is 0.0318. The Kier molecular flexibility index (Phi) is 5.06. The van der Waals surface area contributed by atoms with Crippen LogP contribution in [-0.2, 0) is 6.54 Å². The third-order valence-corrected chi connectivity index (χ3v) is 4.42. The zero-order chi connectivity index (χ0) is 13.8. The summed E-state index contributed by atoms with van der Waals surface area (Å²) in [5.74, 6) is 0.496. The van der Waals surface area contributed by atoms with Gasteiger partial charge in [0, 0.05) is 31.0 Å². The van der Waals surface area contributed by atoms with Crippen LogP contribution in [0.2, 0.25) is 0 Å². The first-order valence-electron chi connectivity index (χ1n) is 7.70. The fourth-order valence-corrected chi connectivity index (χ4v) is 3.29. The predicted molar refractivity (Wildman–Crippen MR) is 79.1 cm³/mol. The summed E-state index contributed by atoms with van der Waals surface area (Å²) in [4.78, 5) is 2.54. The molecular weight excluding hydrogens is 236 g/mol. The maximum absolute atomic E-state index is 9.74. The van der Waals surface area contributed by atoms with Crippen molar-refractivity contribution in [2.75, 3.05) is 13.2 Å². The molecule has 0 aromatic carbocycles. The molecule has 0 unspecified atom stereocenters. The number of unbranched alkanes of at least 4 members (excludes halogenated alkanes) is 1. The van der Waals surface area contributed by atoms with Crippen molar-refractivity contribution in [3.63, 3.8) is 0 Å². The minimum absolute atomic E-state index is 0.265. The Morgan fingerprint density at radius 1 is 1.37 bits per heavy atom. The molecular formula is C16H28N2O. The number of aliphatic hydroxyl groups excluding tert-OH is 1. The molecule has 2 rings (SSSR count). The van der Waals surface area contributed by atoms with Gasteiger partial charge < -0.3 is 9.67 Å². The second kappa shape index (κ2) is 6.58. The first-order valence-corrected chi connectivity index (χ1v) is 7.70. The number of rotatable bonds is 6. The highest BCUT2D eigenvalue weighted by Gasteiger charge is 2.32. The van der Waals surface area contributed by atoms with Crippen molar-refractivity contribution < 1.29 is 5.11 Å². The van der Waals surface area contributed by atoms with Gasteiger partial charge in [-0.05, 0) is 24.5 Å².